The highest BCUT2D eigenvalue weighted by atomic mass is 16.5. The Labute approximate surface area is 106 Å². The van der Waals surface area contributed by atoms with Crippen molar-refractivity contribution in [3.8, 4) is 12.3 Å². The molecule has 0 amide bonds. The van der Waals surface area contributed by atoms with Crippen LogP contribution in [0.2, 0.25) is 0 Å². The third kappa shape index (κ3) is 4.67. The normalized spacial score (nSPS) is 11.8. The molecule has 0 aromatic heterocycles. The summed E-state index contributed by atoms with van der Waals surface area (Å²) in [6, 6.07) is 9.67. The zero-order valence-electron chi connectivity index (χ0n) is 10.1. The lowest BCUT2D eigenvalue weighted by atomic mass is 10.1. The van der Waals surface area contributed by atoms with Crippen LogP contribution in [-0.4, -0.2) is 17.9 Å². The van der Waals surface area contributed by atoms with Gasteiger partial charge in [0.05, 0.1) is 0 Å². The quantitative estimate of drug-likeness (QED) is 0.452. The first-order valence-electron chi connectivity index (χ1n) is 5.52. The molecule has 1 unspecified atom stereocenters. The Kier molecular flexibility index (Phi) is 5.40. The molecule has 1 atom stereocenters. The van der Waals surface area contributed by atoms with Gasteiger partial charge in [0.25, 0.3) is 0 Å². The van der Waals surface area contributed by atoms with Crippen molar-refractivity contribution in [3.63, 3.8) is 0 Å². The van der Waals surface area contributed by atoms with Gasteiger partial charge in [0, 0.05) is 13.3 Å². The van der Waals surface area contributed by atoms with Crippen LogP contribution in [0, 0.1) is 12.3 Å². The molecule has 18 heavy (non-hydrogen) atoms. The number of hydrogen-bond donors (Lipinski definition) is 0. The van der Waals surface area contributed by atoms with E-state index in [9.17, 15) is 9.59 Å². The zero-order valence-corrected chi connectivity index (χ0v) is 10.1. The number of carbonyl (C=O) groups excluding carboxylic acids is 2. The average Bonchev–Trinajstić information content (AvgIpc) is 2.38. The molecule has 0 saturated heterocycles. The number of benzene rings is 1. The summed E-state index contributed by atoms with van der Waals surface area (Å²) in [4.78, 5) is 21.8. The molecule has 0 spiro atoms. The van der Waals surface area contributed by atoms with Crippen LogP contribution in [0.1, 0.15) is 18.9 Å². The van der Waals surface area contributed by atoms with E-state index in [2.05, 4.69) is 5.92 Å². The monoisotopic (exact) mass is 242 g/mol. The standard InChI is InChI=1S/C15H14O3/c1-3-14(18-15(17)12(2)16)11-7-10-13-8-5-4-6-9-13/h1,4-10,14H,11H2,2H3. The van der Waals surface area contributed by atoms with E-state index >= 15 is 0 Å². The third-order valence-electron chi connectivity index (χ3n) is 2.18. The van der Waals surface area contributed by atoms with Crippen molar-refractivity contribution in [2.45, 2.75) is 19.4 Å². The average molecular weight is 242 g/mol. The van der Waals surface area contributed by atoms with E-state index in [0.717, 1.165) is 12.5 Å². The van der Waals surface area contributed by atoms with E-state index in [1.165, 1.54) is 0 Å². The van der Waals surface area contributed by atoms with Gasteiger partial charge < -0.3 is 4.74 Å². The Morgan fingerprint density at radius 1 is 1.39 bits per heavy atom. The first-order valence-corrected chi connectivity index (χ1v) is 5.52. The van der Waals surface area contributed by atoms with Crippen LogP contribution in [0.15, 0.2) is 36.4 Å². The Balaban J connectivity index is 2.50. The first-order chi connectivity index (χ1) is 8.63. The van der Waals surface area contributed by atoms with E-state index in [-0.39, 0.29) is 0 Å². The molecular weight excluding hydrogens is 228 g/mol. The Bertz CT molecular complexity index is 480. The topological polar surface area (TPSA) is 43.4 Å². The lowest BCUT2D eigenvalue weighted by Crippen LogP contribution is -2.21. The maximum Gasteiger partial charge on any atom is 0.375 e. The van der Waals surface area contributed by atoms with E-state index in [4.69, 9.17) is 11.2 Å². The predicted octanol–water partition coefficient (Wildman–Crippen LogP) is 2.22. The highest BCUT2D eigenvalue weighted by molar-refractivity contribution is 6.32. The van der Waals surface area contributed by atoms with Crippen molar-refractivity contribution in [2.75, 3.05) is 0 Å². The van der Waals surface area contributed by atoms with Crippen molar-refractivity contribution in [3.05, 3.63) is 42.0 Å². The van der Waals surface area contributed by atoms with Crippen molar-refractivity contribution in [2.24, 2.45) is 0 Å². The number of ketones is 1. The summed E-state index contributed by atoms with van der Waals surface area (Å²) in [5.74, 6) is 0.780. The molecule has 3 heteroatoms. The lowest BCUT2D eigenvalue weighted by molar-refractivity contribution is -0.155. The first kappa shape index (κ1) is 13.7. The Hall–Kier alpha value is -2.34. The molecule has 0 fully saturated rings. The number of hydrogen-bond acceptors (Lipinski definition) is 3. The van der Waals surface area contributed by atoms with E-state index in [1.54, 1.807) is 0 Å². The molecule has 3 nitrogen and oxygen atoms in total. The van der Waals surface area contributed by atoms with Gasteiger partial charge >= 0.3 is 5.97 Å². The Morgan fingerprint density at radius 2 is 2.06 bits per heavy atom. The summed E-state index contributed by atoms with van der Waals surface area (Å²) in [6.45, 7) is 1.15. The second-order valence-electron chi connectivity index (χ2n) is 3.67. The van der Waals surface area contributed by atoms with E-state index < -0.39 is 17.9 Å². The van der Waals surface area contributed by atoms with Gasteiger partial charge in [-0.1, -0.05) is 48.4 Å². The number of carbonyl (C=O) groups is 2. The molecule has 0 aliphatic carbocycles. The van der Waals surface area contributed by atoms with Crippen LogP contribution >= 0.6 is 0 Å². The molecular formula is C15H14O3. The number of terminal acetylenes is 1. The summed E-state index contributed by atoms with van der Waals surface area (Å²) in [5.41, 5.74) is 1.03. The van der Waals surface area contributed by atoms with Gasteiger partial charge in [0.15, 0.2) is 6.10 Å². The molecule has 0 N–H and O–H groups in total. The molecule has 0 aliphatic rings. The van der Waals surface area contributed by atoms with Crippen molar-refractivity contribution in [1.29, 1.82) is 0 Å². The predicted molar refractivity (Wildman–Crippen MR) is 69.5 cm³/mol. The molecule has 0 heterocycles. The summed E-state index contributed by atoms with van der Waals surface area (Å²) in [6.07, 6.45) is 8.59. The van der Waals surface area contributed by atoms with Crippen LogP contribution in [0.3, 0.4) is 0 Å². The summed E-state index contributed by atoms with van der Waals surface area (Å²) in [7, 11) is 0. The van der Waals surface area contributed by atoms with Crippen molar-refractivity contribution in [1.82, 2.24) is 0 Å². The molecule has 0 radical (unpaired) electrons. The largest absolute Gasteiger partial charge is 0.443 e. The van der Waals surface area contributed by atoms with Crippen LogP contribution in [0.5, 0.6) is 0 Å². The lowest BCUT2D eigenvalue weighted by Gasteiger charge is -2.08. The summed E-state index contributed by atoms with van der Waals surface area (Å²) < 4.78 is 4.82. The molecule has 0 bridgehead atoms. The minimum Gasteiger partial charge on any atom is -0.443 e. The molecule has 92 valence electrons. The highest BCUT2D eigenvalue weighted by Crippen LogP contribution is 2.05. The smallest absolute Gasteiger partial charge is 0.375 e. The molecule has 0 aliphatic heterocycles. The number of esters is 1. The maximum atomic E-state index is 11.1. The van der Waals surface area contributed by atoms with E-state index in [0.29, 0.717) is 6.42 Å². The third-order valence-corrected chi connectivity index (χ3v) is 2.18. The van der Waals surface area contributed by atoms with Gasteiger partial charge in [-0.2, -0.15) is 0 Å². The van der Waals surface area contributed by atoms with Crippen LogP contribution < -0.4 is 0 Å². The van der Waals surface area contributed by atoms with Gasteiger partial charge in [-0.15, -0.1) is 6.42 Å². The summed E-state index contributed by atoms with van der Waals surface area (Å²) >= 11 is 0. The van der Waals surface area contributed by atoms with Gasteiger partial charge in [0.2, 0.25) is 5.78 Å². The zero-order chi connectivity index (χ0) is 13.4. The molecule has 1 aromatic rings. The number of ether oxygens (including phenoxy) is 1. The van der Waals surface area contributed by atoms with Crippen molar-refractivity contribution < 1.29 is 14.3 Å². The highest BCUT2D eigenvalue weighted by Gasteiger charge is 2.14. The van der Waals surface area contributed by atoms with Gasteiger partial charge in [-0.05, 0) is 5.56 Å². The number of rotatable bonds is 5. The van der Waals surface area contributed by atoms with Gasteiger partial charge in [-0.25, -0.2) is 4.79 Å². The molecule has 1 rings (SSSR count). The van der Waals surface area contributed by atoms with Crippen LogP contribution in [0.4, 0.5) is 0 Å². The fourth-order valence-electron chi connectivity index (χ4n) is 1.25. The molecule has 1 aromatic carbocycles. The second kappa shape index (κ2) is 7.08. The second-order valence-corrected chi connectivity index (χ2v) is 3.67. The Morgan fingerprint density at radius 3 is 2.61 bits per heavy atom. The minimum absolute atomic E-state index is 0.379. The fourth-order valence-corrected chi connectivity index (χ4v) is 1.25. The fraction of sp³-hybridized carbons (Fsp3) is 0.200. The van der Waals surface area contributed by atoms with E-state index in [1.807, 2.05) is 42.5 Å². The molecule has 0 saturated carbocycles. The van der Waals surface area contributed by atoms with Gasteiger partial charge in [-0.3, -0.25) is 4.79 Å². The summed E-state index contributed by atoms with van der Waals surface area (Å²) in [5, 5.41) is 0. The number of Topliss-reactive ketones (excluding diaryl/α,β-unsaturated/α-hetero) is 1. The minimum atomic E-state index is -0.897. The SMILES string of the molecule is C#CC(CC=Cc1ccccc1)OC(=O)C(C)=O. The van der Waals surface area contributed by atoms with Gasteiger partial charge in [0.1, 0.15) is 0 Å². The van der Waals surface area contributed by atoms with Crippen LogP contribution in [-0.2, 0) is 14.3 Å². The van der Waals surface area contributed by atoms with Crippen molar-refractivity contribution >= 4 is 17.8 Å². The van der Waals surface area contributed by atoms with Crippen LogP contribution in [0.25, 0.3) is 6.08 Å². The maximum absolute atomic E-state index is 11.1.